The monoisotopic (exact) mass is 202 g/mol. The molecule has 0 aliphatic rings. The largest absolute Gasteiger partial charge is 0.393 e. The molecule has 0 radical (unpaired) electrons. The van der Waals surface area contributed by atoms with Crippen LogP contribution in [0.1, 0.15) is 13.3 Å². The van der Waals surface area contributed by atoms with Crippen molar-refractivity contribution in [3.05, 3.63) is 0 Å². The Balaban J connectivity index is 3.12. The van der Waals surface area contributed by atoms with Crippen molar-refractivity contribution in [2.45, 2.75) is 24.9 Å². The highest BCUT2D eigenvalue weighted by Crippen LogP contribution is 2.21. The summed E-state index contributed by atoms with van der Waals surface area (Å²) in [5.74, 6) is 0.409. The molecule has 0 aromatic carbocycles. The molecule has 1 unspecified atom stereocenters. The lowest BCUT2D eigenvalue weighted by Gasteiger charge is -1.99. The fourth-order valence-electron chi connectivity index (χ4n) is 1.06. The van der Waals surface area contributed by atoms with Crippen LogP contribution in [0.5, 0.6) is 0 Å². The van der Waals surface area contributed by atoms with Crippen LogP contribution in [0.4, 0.5) is 11.5 Å². The average Bonchev–Trinajstić information content (AvgIpc) is 2.33. The minimum Gasteiger partial charge on any atom is -0.393 e. The van der Waals surface area contributed by atoms with Crippen molar-refractivity contribution in [3.8, 4) is 0 Å². The lowest BCUT2D eigenvalue weighted by Crippen LogP contribution is -2.04. The molecule has 0 spiro atoms. The molecule has 74 valence electrons. The third-order valence-electron chi connectivity index (χ3n) is 1.70. The first-order valence-corrected chi connectivity index (χ1v) is 5.59. The molecule has 0 aliphatic carbocycles. The Bertz CT molecular complexity index is 333. The van der Waals surface area contributed by atoms with Gasteiger partial charge in [-0.15, -0.1) is 0 Å². The summed E-state index contributed by atoms with van der Waals surface area (Å²) in [5.41, 5.74) is 11.6. The maximum atomic E-state index is 11.1. The molecule has 5 nitrogen and oxygen atoms in total. The Morgan fingerprint density at radius 2 is 2.15 bits per heavy atom. The average molecular weight is 202 g/mol. The Hall–Kier alpha value is -1.04. The van der Waals surface area contributed by atoms with Crippen LogP contribution in [-0.2, 0) is 17.3 Å². The molecular weight excluding hydrogens is 188 g/mol. The maximum Gasteiger partial charge on any atom is 0.174 e. The quantitative estimate of drug-likeness (QED) is 0.732. The number of nitrogens with zero attached hydrogens (tertiary/aromatic N) is 2. The van der Waals surface area contributed by atoms with Crippen LogP contribution in [0, 0.1) is 0 Å². The van der Waals surface area contributed by atoms with E-state index in [-0.39, 0.29) is 0 Å². The van der Waals surface area contributed by atoms with Gasteiger partial charge in [0.05, 0.1) is 10.8 Å². The van der Waals surface area contributed by atoms with Gasteiger partial charge in [-0.25, -0.2) is 4.68 Å². The number of aromatic nitrogens is 2. The first kappa shape index (κ1) is 10.0. The Labute approximate surface area is 79.6 Å². The van der Waals surface area contributed by atoms with E-state index in [1.165, 1.54) is 6.26 Å². The summed E-state index contributed by atoms with van der Waals surface area (Å²) in [5, 5.41) is 4.45. The van der Waals surface area contributed by atoms with Crippen molar-refractivity contribution >= 4 is 22.3 Å². The van der Waals surface area contributed by atoms with Crippen LogP contribution in [0.3, 0.4) is 0 Å². The number of anilines is 2. The normalized spacial score (nSPS) is 13.1. The lowest BCUT2D eigenvalue weighted by molar-refractivity contribution is 0.593. The van der Waals surface area contributed by atoms with E-state index < -0.39 is 10.8 Å². The van der Waals surface area contributed by atoms with Crippen LogP contribution in [0.25, 0.3) is 0 Å². The summed E-state index contributed by atoms with van der Waals surface area (Å²) in [6.07, 6.45) is 2.45. The van der Waals surface area contributed by atoms with Crippen molar-refractivity contribution in [2.75, 3.05) is 17.7 Å². The van der Waals surface area contributed by atoms with Gasteiger partial charge in [0.1, 0.15) is 11.5 Å². The summed E-state index contributed by atoms with van der Waals surface area (Å²) in [6.45, 7) is 2.72. The molecule has 0 saturated heterocycles. The SMILES string of the molecule is CCCn1nc(S(C)=O)c(N)c1N. The summed E-state index contributed by atoms with van der Waals surface area (Å²) in [7, 11) is -1.17. The number of aryl methyl sites for hydroxylation is 1. The van der Waals surface area contributed by atoms with Crippen LogP contribution in [0.2, 0.25) is 0 Å². The molecule has 0 saturated carbocycles. The van der Waals surface area contributed by atoms with Gasteiger partial charge in [0.25, 0.3) is 0 Å². The second-order valence-corrected chi connectivity index (χ2v) is 4.08. The summed E-state index contributed by atoms with van der Waals surface area (Å²) >= 11 is 0. The highest BCUT2D eigenvalue weighted by atomic mass is 32.2. The Morgan fingerprint density at radius 1 is 1.54 bits per heavy atom. The summed E-state index contributed by atoms with van der Waals surface area (Å²) in [6, 6.07) is 0. The predicted octanol–water partition coefficient (Wildman–Crippen LogP) is 0.195. The van der Waals surface area contributed by atoms with Crippen molar-refractivity contribution in [1.82, 2.24) is 9.78 Å². The van der Waals surface area contributed by atoms with E-state index in [9.17, 15) is 4.21 Å². The van der Waals surface area contributed by atoms with Gasteiger partial charge in [0.2, 0.25) is 0 Å². The van der Waals surface area contributed by atoms with Crippen molar-refractivity contribution < 1.29 is 4.21 Å². The third kappa shape index (κ3) is 1.82. The summed E-state index contributed by atoms with van der Waals surface area (Å²) in [4.78, 5) is 0. The van der Waals surface area contributed by atoms with Crippen LogP contribution >= 0.6 is 0 Å². The van der Waals surface area contributed by atoms with Crippen LogP contribution < -0.4 is 11.5 Å². The third-order valence-corrected chi connectivity index (χ3v) is 2.55. The molecular formula is C7H14N4OS. The molecule has 1 rings (SSSR count). The topological polar surface area (TPSA) is 86.9 Å². The molecule has 1 heterocycles. The Morgan fingerprint density at radius 3 is 2.54 bits per heavy atom. The van der Waals surface area contributed by atoms with E-state index in [1.54, 1.807) is 4.68 Å². The van der Waals surface area contributed by atoms with Gasteiger partial charge in [-0.05, 0) is 6.42 Å². The fraction of sp³-hybridized carbons (Fsp3) is 0.571. The molecule has 1 atom stereocenters. The van der Waals surface area contributed by atoms with Crippen molar-refractivity contribution in [2.24, 2.45) is 0 Å². The van der Waals surface area contributed by atoms with Crippen molar-refractivity contribution in [1.29, 1.82) is 0 Å². The second-order valence-electron chi connectivity index (χ2n) is 2.78. The van der Waals surface area contributed by atoms with Gasteiger partial charge in [-0.3, -0.25) is 4.21 Å². The smallest absolute Gasteiger partial charge is 0.174 e. The van der Waals surface area contributed by atoms with E-state index in [1.807, 2.05) is 6.92 Å². The van der Waals surface area contributed by atoms with E-state index in [0.717, 1.165) is 6.42 Å². The van der Waals surface area contributed by atoms with E-state index in [4.69, 9.17) is 11.5 Å². The van der Waals surface area contributed by atoms with Gasteiger partial charge in [0.15, 0.2) is 5.03 Å². The number of hydrogen-bond donors (Lipinski definition) is 2. The lowest BCUT2D eigenvalue weighted by atomic mass is 10.5. The molecule has 13 heavy (non-hydrogen) atoms. The number of rotatable bonds is 3. The van der Waals surface area contributed by atoms with Crippen LogP contribution in [-0.4, -0.2) is 20.2 Å². The van der Waals surface area contributed by atoms with E-state index in [2.05, 4.69) is 5.10 Å². The first-order valence-electron chi connectivity index (χ1n) is 4.03. The molecule has 1 aromatic heterocycles. The number of hydrogen-bond acceptors (Lipinski definition) is 4. The molecule has 0 amide bonds. The zero-order valence-electron chi connectivity index (χ0n) is 7.78. The highest BCUT2D eigenvalue weighted by molar-refractivity contribution is 7.84. The van der Waals surface area contributed by atoms with E-state index in [0.29, 0.717) is 23.1 Å². The molecule has 0 bridgehead atoms. The van der Waals surface area contributed by atoms with Gasteiger partial charge in [-0.1, -0.05) is 6.92 Å². The summed E-state index contributed by atoms with van der Waals surface area (Å²) < 4.78 is 12.7. The Kier molecular flexibility index (Phi) is 2.92. The highest BCUT2D eigenvalue weighted by Gasteiger charge is 2.14. The predicted molar refractivity (Wildman–Crippen MR) is 53.7 cm³/mol. The van der Waals surface area contributed by atoms with E-state index >= 15 is 0 Å². The molecule has 4 N–H and O–H groups in total. The van der Waals surface area contributed by atoms with Crippen molar-refractivity contribution in [3.63, 3.8) is 0 Å². The van der Waals surface area contributed by atoms with Gasteiger partial charge >= 0.3 is 0 Å². The number of nitrogens with two attached hydrogens (primary N) is 2. The van der Waals surface area contributed by atoms with Gasteiger partial charge in [-0.2, -0.15) is 5.10 Å². The first-order chi connectivity index (χ1) is 6.07. The minimum absolute atomic E-state index is 0.342. The van der Waals surface area contributed by atoms with Gasteiger partial charge in [0, 0.05) is 12.8 Å². The standard InChI is InChI=1S/C7H14N4OS/c1-3-4-11-6(9)5(8)7(10-11)13(2)12/h3-4,8-9H2,1-2H3. The number of nitrogen functional groups attached to an aromatic ring is 2. The molecule has 6 heteroatoms. The fourth-order valence-corrected chi connectivity index (χ4v) is 1.69. The van der Waals surface area contributed by atoms with Gasteiger partial charge < -0.3 is 11.5 Å². The molecule has 0 fully saturated rings. The van der Waals surface area contributed by atoms with Crippen LogP contribution in [0.15, 0.2) is 5.03 Å². The minimum atomic E-state index is -1.17. The second kappa shape index (κ2) is 3.78. The maximum absolute atomic E-state index is 11.1. The zero-order chi connectivity index (χ0) is 10.0. The zero-order valence-corrected chi connectivity index (χ0v) is 8.60. The molecule has 0 aliphatic heterocycles. The molecule has 1 aromatic rings.